The molecule has 1 amide bonds. The lowest BCUT2D eigenvalue weighted by molar-refractivity contribution is -0.115. The number of nitrogens with zero attached hydrogens (tertiary/aromatic N) is 4. The quantitative estimate of drug-likeness (QED) is 0.158. The van der Waals surface area contributed by atoms with Gasteiger partial charge in [0.25, 0.3) is 0 Å². The van der Waals surface area contributed by atoms with E-state index in [2.05, 4.69) is 20.3 Å². The number of nitrogens with one attached hydrogen (secondary N) is 1. The summed E-state index contributed by atoms with van der Waals surface area (Å²) in [7, 11) is 3.26. The molecule has 11 nitrogen and oxygen atoms in total. The standard InChI is InChI=1S/C39H37N5O6/c1-47-30-17-13-28(14-18-30)39(27-11-7-4-8-12-27,29-15-19-31(48-2)20-16-29)49-23-33-32(45)22-35(50-33)44-25-42-36-37(40-24-41-38(36)44)43-34(46)21-26-9-5-3-6-10-26/h3-20,24-25,32-33,35,45H,21-23H2,1-2H3,(H,40,41,43,46)/t32-,33+,35+/m0/s1. The number of imidazole rings is 1. The molecular formula is C39H37N5O6. The second-order valence-corrected chi connectivity index (χ2v) is 12.0. The zero-order valence-electron chi connectivity index (χ0n) is 27.7. The fraction of sp³-hybridized carbons (Fsp3) is 0.231. The molecule has 0 saturated carbocycles. The maximum Gasteiger partial charge on any atom is 0.230 e. The van der Waals surface area contributed by atoms with Crippen LogP contribution < -0.4 is 14.8 Å². The molecule has 7 rings (SSSR count). The Kier molecular flexibility index (Phi) is 9.52. The summed E-state index contributed by atoms with van der Waals surface area (Å²) < 4.78 is 26.1. The lowest BCUT2D eigenvalue weighted by Gasteiger charge is -2.37. The van der Waals surface area contributed by atoms with Gasteiger partial charge in [0.1, 0.15) is 35.8 Å². The van der Waals surface area contributed by atoms with E-state index in [0.717, 1.165) is 33.8 Å². The van der Waals surface area contributed by atoms with Crippen LogP contribution in [-0.2, 0) is 26.3 Å². The number of carbonyl (C=O) groups excluding carboxylic acids is 1. The number of ether oxygens (including phenoxy) is 4. The van der Waals surface area contributed by atoms with Crippen LogP contribution in [0.5, 0.6) is 11.5 Å². The first-order valence-corrected chi connectivity index (χ1v) is 16.3. The zero-order valence-corrected chi connectivity index (χ0v) is 27.7. The van der Waals surface area contributed by atoms with Gasteiger partial charge in [0, 0.05) is 6.42 Å². The minimum absolute atomic E-state index is 0.0625. The monoisotopic (exact) mass is 671 g/mol. The van der Waals surface area contributed by atoms with E-state index in [-0.39, 0.29) is 25.4 Å². The van der Waals surface area contributed by atoms with E-state index in [1.54, 1.807) is 25.1 Å². The highest BCUT2D eigenvalue weighted by Gasteiger charge is 2.42. The number of benzene rings is 4. The Labute approximate surface area is 289 Å². The molecule has 2 aromatic heterocycles. The van der Waals surface area contributed by atoms with E-state index in [0.29, 0.717) is 17.0 Å². The summed E-state index contributed by atoms with van der Waals surface area (Å²) >= 11 is 0. The van der Waals surface area contributed by atoms with Gasteiger partial charge in [-0.3, -0.25) is 9.36 Å². The molecule has 4 aromatic carbocycles. The largest absolute Gasteiger partial charge is 0.497 e. The molecule has 3 atom stereocenters. The van der Waals surface area contributed by atoms with Crippen LogP contribution in [0.1, 0.15) is 34.9 Å². The van der Waals surface area contributed by atoms with Crippen LogP contribution in [0.2, 0.25) is 0 Å². The van der Waals surface area contributed by atoms with Crippen LogP contribution in [0.4, 0.5) is 5.82 Å². The third kappa shape index (κ3) is 6.53. The first-order chi connectivity index (χ1) is 24.5. The number of anilines is 1. The van der Waals surface area contributed by atoms with Crippen molar-refractivity contribution >= 4 is 22.9 Å². The number of aliphatic hydroxyl groups is 1. The van der Waals surface area contributed by atoms with E-state index in [4.69, 9.17) is 18.9 Å². The minimum atomic E-state index is -1.07. The Morgan fingerprint density at radius 2 is 1.44 bits per heavy atom. The average Bonchev–Trinajstić information content (AvgIpc) is 3.77. The fourth-order valence-corrected chi connectivity index (χ4v) is 6.43. The molecule has 50 heavy (non-hydrogen) atoms. The Morgan fingerprint density at radius 3 is 2.06 bits per heavy atom. The Morgan fingerprint density at radius 1 is 0.840 bits per heavy atom. The van der Waals surface area contributed by atoms with Crippen LogP contribution in [-0.4, -0.2) is 63.6 Å². The third-order valence-electron chi connectivity index (χ3n) is 8.98. The van der Waals surface area contributed by atoms with Crippen molar-refractivity contribution in [2.75, 3.05) is 26.1 Å². The molecule has 0 aliphatic carbocycles. The Bertz CT molecular complexity index is 1990. The zero-order chi connectivity index (χ0) is 34.5. The number of amides is 1. The number of hydrogen-bond donors (Lipinski definition) is 2. The van der Waals surface area contributed by atoms with Gasteiger partial charge in [0.2, 0.25) is 5.91 Å². The summed E-state index contributed by atoms with van der Waals surface area (Å²) in [4.78, 5) is 26.0. The molecule has 0 unspecified atom stereocenters. The molecular weight excluding hydrogens is 634 g/mol. The molecule has 1 saturated heterocycles. The predicted molar refractivity (Wildman–Crippen MR) is 187 cm³/mol. The summed E-state index contributed by atoms with van der Waals surface area (Å²) in [5.41, 5.74) is 3.37. The molecule has 3 heterocycles. The highest BCUT2D eigenvalue weighted by molar-refractivity contribution is 5.97. The molecule has 11 heteroatoms. The second-order valence-electron chi connectivity index (χ2n) is 12.0. The van der Waals surface area contributed by atoms with Crippen LogP contribution >= 0.6 is 0 Å². The third-order valence-corrected chi connectivity index (χ3v) is 8.98. The average molecular weight is 672 g/mol. The van der Waals surface area contributed by atoms with Crippen LogP contribution in [0.3, 0.4) is 0 Å². The SMILES string of the molecule is COc1ccc(C(OC[C@H]2O[C@@H](n3cnc4c(NC(=O)Cc5ccccc5)ncnc43)C[C@@H]2O)(c2ccccc2)c2ccc(OC)cc2)cc1. The van der Waals surface area contributed by atoms with E-state index < -0.39 is 24.0 Å². The normalized spacial score (nSPS) is 17.5. The maximum absolute atomic E-state index is 12.8. The molecule has 0 radical (unpaired) electrons. The van der Waals surface area contributed by atoms with Crippen molar-refractivity contribution in [1.29, 1.82) is 0 Å². The minimum Gasteiger partial charge on any atom is -0.497 e. The molecule has 2 N–H and O–H groups in total. The molecule has 1 aliphatic rings. The lowest BCUT2D eigenvalue weighted by atomic mass is 9.80. The molecule has 254 valence electrons. The number of aliphatic hydroxyl groups excluding tert-OH is 1. The molecule has 0 spiro atoms. The summed E-state index contributed by atoms with van der Waals surface area (Å²) in [6.07, 6.45) is 1.35. The Hall–Kier alpha value is -5.62. The first kappa shape index (κ1) is 32.9. The van der Waals surface area contributed by atoms with Crippen molar-refractivity contribution in [3.8, 4) is 11.5 Å². The smallest absolute Gasteiger partial charge is 0.230 e. The van der Waals surface area contributed by atoms with Gasteiger partial charge in [-0.1, -0.05) is 84.9 Å². The lowest BCUT2D eigenvalue weighted by Crippen LogP contribution is -2.38. The summed E-state index contributed by atoms with van der Waals surface area (Å²) in [6, 6.07) is 35.0. The number of methoxy groups -OCH3 is 2. The van der Waals surface area contributed by atoms with Crippen molar-refractivity contribution in [1.82, 2.24) is 19.5 Å². The van der Waals surface area contributed by atoms with Crippen molar-refractivity contribution in [2.24, 2.45) is 0 Å². The van der Waals surface area contributed by atoms with Gasteiger partial charge in [-0.2, -0.15) is 0 Å². The van der Waals surface area contributed by atoms with E-state index in [1.807, 2.05) is 109 Å². The van der Waals surface area contributed by atoms with Gasteiger partial charge in [-0.15, -0.1) is 0 Å². The van der Waals surface area contributed by atoms with E-state index in [9.17, 15) is 9.90 Å². The van der Waals surface area contributed by atoms with E-state index in [1.165, 1.54) is 6.33 Å². The number of fused-ring (bicyclic) bond motifs is 1. The first-order valence-electron chi connectivity index (χ1n) is 16.3. The predicted octanol–water partition coefficient (Wildman–Crippen LogP) is 5.68. The van der Waals surface area contributed by atoms with Crippen molar-refractivity contribution < 1.29 is 28.8 Å². The molecule has 1 fully saturated rings. The number of rotatable bonds is 12. The van der Waals surface area contributed by atoms with Crippen molar-refractivity contribution in [2.45, 2.75) is 36.9 Å². The maximum atomic E-state index is 12.8. The van der Waals surface area contributed by atoms with Gasteiger partial charge in [0.05, 0.1) is 39.7 Å². The van der Waals surface area contributed by atoms with Crippen LogP contribution in [0.25, 0.3) is 11.2 Å². The van der Waals surface area contributed by atoms with Crippen LogP contribution in [0, 0.1) is 0 Å². The van der Waals surface area contributed by atoms with Gasteiger partial charge in [-0.25, -0.2) is 15.0 Å². The van der Waals surface area contributed by atoms with Crippen LogP contribution in [0.15, 0.2) is 122 Å². The van der Waals surface area contributed by atoms with Crippen molar-refractivity contribution in [3.05, 3.63) is 144 Å². The molecule has 1 aliphatic heterocycles. The molecule has 6 aromatic rings. The second kappa shape index (κ2) is 14.5. The van der Waals surface area contributed by atoms with Gasteiger partial charge >= 0.3 is 0 Å². The van der Waals surface area contributed by atoms with Crippen molar-refractivity contribution in [3.63, 3.8) is 0 Å². The molecule has 0 bridgehead atoms. The van der Waals surface area contributed by atoms with Gasteiger partial charge < -0.3 is 29.4 Å². The summed E-state index contributed by atoms with van der Waals surface area (Å²) in [5, 5.41) is 14.2. The fourth-order valence-electron chi connectivity index (χ4n) is 6.43. The number of carbonyl (C=O) groups is 1. The van der Waals surface area contributed by atoms with Gasteiger partial charge in [-0.05, 0) is 46.5 Å². The number of hydrogen-bond acceptors (Lipinski definition) is 9. The highest BCUT2D eigenvalue weighted by Crippen LogP contribution is 2.43. The summed E-state index contributed by atoms with van der Waals surface area (Å²) in [5.74, 6) is 1.53. The van der Waals surface area contributed by atoms with Gasteiger partial charge in [0.15, 0.2) is 17.0 Å². The number of aromatic nitrogens is 4. The van der Waals surface area contributed by atoms with E-state index >= 15 is 0 Å². The highest BCUT2D eigenvalue weighted by atomic mass is 16.6. The summed E-state index contributed by atoms with van der Waals surface area (Å²) in [6.45, 7) is 0.0625. The Balaban J connectivity index is 1.15. The topological polar surface area (TPSA) is 130 Å².